The van der Waals surface area contributed by atoms with Crippen molar-refractivity contribution in [3.05, 3.63) is 48.3 Å². The second-order valence-electron chi connectivity index (χ2n) is 3.34. The van der Waals surface area contributed by atoms with Gasteiger partial charge in [-0.3, -0.25) is 0 Å². The molecule has 0 radical (unpaired) electrons. The maximum Gasteiger partial charge on any atom is 0.172 e. The number of halogens is 1. The topological polar surface area (TPSA) is 29.5 Å². The molecule has 0 atom stereocenters. The fraction of sp³-hybridized carbons (Fsp3) is 0.0769. The molecule has 0 fully saturated rings. The van der Waals surface area contributed by atoms with Crippen LogP contribution in [0.25, 0.3) is 11.1 Å². The van der Waals surface area contributed by atoms with E-state index in [0.29, 0.717) is 11.1 Å². The Hall–Kier alpha value is -2.03. The first-order valence-electron chi connectivity index (χ1n) is 4.85. The Morgan fingerprint density at radius 3 is 2.38 bits per heavy atom. The van der Waals surface area contributed by atoms with Crippen LogP contribution in [-0.2, 0) is 0 Å². The molecule has 0 saturated carbocycles. The second kappa shape index (κ2) is 4.23. The predicted octanol–water partition coefficient (Wildman–Crippen LogP) is 3.21. The first kappa shape index (κ1) is 10.5. The van der Waals surface area contributed by atoms with Crippen LogP contribution in [0, 0.1) is 5.82 Å². The summed E-state index contributed by atoms with van der Waals surface area (Å²) in [5, 5.41) is 9.64. The summed E-state index contributed by atoms with van der Waals surface area (Å²) in [4.78, 5) is 0. The van der Waals surface area contributed by atoms with E-state index >= 15 is 0 Å². The number of hydrogen-bond acceptors (Lipinski definition) is 2. The molecule has 0 saturated heterocycles. The van der Waals surface area contributed by atoms with Gasteiger partial charge in [0.15, 0.2) is 11.6 Å². The fourth-order valence-corrected chi connectivity index (χ4v) is 1.58. The molecule has 0 unspecified atom stereocenters. The molecule has 2 aromatic carbocycles. The highest BCUT2D eigenvalue weighted by molar-refractivity contribution is 5.71. The van der Waals surface area contributed by atoms with Gasteiger partial charge in [-0.05, 0) is 12.1 Å². The molecule has 2 aromatic rings. The van der Waals surface area contributed by atoms with Gasteiger partial charge in [0.2, 0.25) is 0 Å². The van der Waals surface area contributed by atoms with Crippen LogP contribution in [-0.4, -0.2) is 12.2 Å². The summed E-state index contributed by atoms with van der Waals surface area (Å²) in [6.07, 6.45) is 0. The molecule has 0 spiro atoms. The molecule has 2 rings (SSSR count). The van der Waals surface area contributed by atoms with Gasteiger partial charge in [-0.25, -0.2) is 4.39 Å². The summed E-state index contributed by atoms with van der Waals surface area (Å²) >= 11 is 0. The molecular formula is C13H11FO2. The van der Waals surface area contributed by atoms with Crippen LogP contribution in [0.1, 0.15) is 0 Å². The molecule has 3 heteroatoms. The van der Waals surface area contributed by atoms with Crippen molar-refractivity contribution in [3.63, 3.8) is 0 Å². The smallest absolute Gasteiger partial charge is 0.172 e. The van der Waals surface area contributed by atoms with E-state index in [1.54, 1.807) is 36.4 Å². The monoisotopic (exact) mass is 218 g/mol. The zero-order valence-corrected chi connectivity index (χ0v) is 8.77. The van der Waals surface area contributed by atoms with Gasteiger partial charge < -0.3 is 9.84 Å². The van der Waals surface area contributed by atoms with Crippen molar-refractivity contribution in [1.82, 2.24) is 0 Å². The van der Waals surface area contributed by atoms with E-state index in [2.05, 4.69) is 0 Å². The number of phenolic OH excluding ortho intramolecular Hbond substituents is 1. The lowest BCUT2D eigenvalue weighted by Crippen LogP contribution is -1.91. The van der Waals surface area contributed by atoms with Gasteiger partial charge in [-0.2, -0.15) is 0 Å². The van der Waals surface area contributed by atoms with Gasteiger partial charge in [-0.1, -0.05) is 30.3 Å². The molecule has 0 aliphatic heterocycles. The number of rotatable bonds is 2. The fourth-order valence-electron chi connectivity index (χ4n) is 1.58. The first-order valence-corrected chi connectivity index (χ1v) is 4.85. The SMILES string of the molecule is COc1cccc(-c2ccccc2O)c1F. The van der Waals surface area contributed by atoms with E-state index in [9.17, 15) is 9.50 Å². The summed E-state index contributed by atoms with van der Waals surface area (Å²) in [7, 11) is 1.41. The van der Waals surface area contributed by atoms with Crippen LogP contribution in [0.2, 0.25) is 0 Å². The molecule has 82 valence electrons. The van der Waals surface area contributed by atoms with Crippen molar-refractivity contribution < 1.29 is 14.2 Å². The highest BCUT2D eigenvalue weighted by Crippen LogP contribution is 2.33. The quantitative estimate of drug-likeness (QED) is 0.838. The molecule has 1 N–H and O–H groups in total. The van der Waals surface area contributed by atoms with Crippen molar-refractivity contribution in [1.29, 1.82) is 0 Å². The van der Waals surface area contributed by atoms with Crippen molar-refractivity contribution in [3.8, 4) is 22.6 Å². The molecular weight excluding hydrogens is 207 g/mol. The van der Waals surface area contributed by atoms with Gasteiger partial charge in [0.05, 0.1) is 7.11 Å². The van der Waals surface area contributed by atoms with E-state index in [0.717, 1.165) is 0 Å². The average molecular weight is 218 g/mol. The number of hydrogen-bond donors (Lipinski definition) is 1. The van der Waals surface area contributed by atoms with Gasteiger partial charge >= 0.3 is 0 Å². The van der Waals surface area contributed by atoms with Crippen molar-refractivity contribution in [2.75, 3.05) is 7.11 Å². The minimum Gasteiger partial charge on any atom is -0.507 e. The third-order valence-electron chi connectivity index (χ3n) is 2.38. The number of ether oxygens (including phenoxy) is 1. The molecule has 2 nitrogen and oxygen atoms in total. The highest BCUT2D eigenvalue weighted by atomic mass is 19.1. The molecule has 0 bridgehead atoms. The lowest BCUT2D eigenvalue weighted by molar-refractivity contribution is 0.387. The molecule has 0 aliphatic carbocycles. The maximum atomic E-state index is 13.9. The van der Waals surface area contributed by atoms with Gasteiger partial charge in [0.25, 0.3) is 0 Å². The molecule has 0 amide bonds. The lowest BCUT2D eigenvalue weighted by atomic mass is 10.0. The largest absolute Gasteiger partial charge is 0.507 e. The lowest BCUT2D eigenvalue weighted by Gasteiger charge is -2.08. The Bertz CT molecular complexity index is 509. The molecule has 16 heavy (non-hydrogen) atoms. The highest BCUT2D eigenvalue weighted by Gasteiger charge is 2.12. The third-order valence-corrected chi connectivity index (χ3v) is 2.38. The van der Waals surface area contributed by atoms with Crippen LogP contribution in [0.4, 0.5) is 4.39 Å². The van der Waals surface area contributed by atoms with Gasteiger partial charge in [0, 0.05) is 11.1 Å². The molecule has 0 aromatic heterocycles. The first-order chi connectivity index (χ1) is 7.74. The normalized spacial score (nSPS) is 10.1. The van der Waals surface area contributed by atoms with Crippen molar-refractivity contribution >= 4 is 0 Å². The second-order valence-corrected chi connectivity index (χ2v) is 3.34. The zero-order valence-electron chi connectivity index (χ0n) is 8.77. The van der Waals surface area contributed by atoms with Crippen molar-refractivity contribution in [2.45, 2.75) is 0 Å². The van der Waals surface area contributed by atoms with E-state index in [4.69, 9.17) is 4.74 Å². The van der Waals surface area contributed by atoms with Crippen LogP contribution in [0.3, 0.4) is 0 Å². The molecule has 0 heterocycles. The Kier molecular flexibility index (Phi) is 2.77. The summed E-state index contributed by atoms with van der Waals surface area (Å²) in [6, 6.07) is 11.4. The van der Waals surface area contributed by atoms with Crippen LogP contribution < -0.4 is 4.74 Å². The number of benzene rings is 2. The standard InChI is InChI=1S/C13H11FO2/c1-16-12-8-4-6-10(13(12)14)9-5-2-3-7-11(9)15/h2-8,15H,1H3. The van der Waals surface area contributed by atoms with Crippen LogP contribution in [0.5, 0.6) is 11.5 Å². The Morgan fingerprint density at radius 2 is 1.69 bits per heavy atom. The minimum atomic E-state index is -0.466. The number of methoxy groups -OCH3 is 1. The Balaban J connectivity index is 2.61. The number of para-hydroxylation sites is 1. The van der Waals surface area contributed by atoms with Gasteiger partial charge in [0.1, 0.15) is 5.75 Å². The summed E-state index contributed by atoms with van der Waals surface area (Å²) in [5.41, 5.74) is 0.788. The summed E-state index contributed by atoms with van der Waals surface area (Å²) in [5.74, 6) is -0.248. The average Bonchev–Trinajstić information content (AvgIpc) is 2.31. The third kappa shape index (κ3) is 1.72. The zero-order chi connectivity index (χ0) is 11.5. The summed E-state index contributed by atoms with van der Waals surface area (Å²) < 4.78 is 18.8. The van der Waals surface area contributed by atoms with Crippen LogP contribution >= 0.6 is 0 Å². The maximum absolute atomic E-state index is 13.9. The summed E-state index contributed by atoms with van der Waals surface area (Å²) in [6.45, 7) is 0. The molecule has 0 aliphatic rings. The van der Waals surface area contributed by atoms with E-state index in [1.165, 1.54) is 13.2 Å². The van der Waals surface area contributed by atoms with E-state index in [-0.39, 0.29) is 11.5 Å². The Morgan fingerprint density at radius 1 is 1.00 bits per heavy atom. The van der Waals surface area contributed by atoms with Gasteiger partial charge in [-0.15, -0.1) is 0 Å². The van der Waals surface area contributed by atoms with Crippen LogP contribution in [0.15, 0.2) is 42.5 Å². The number of aromatic hydroxyl groups is 1. The predicted molar refractivity (Wildman–Crippen MR) is 60.1 cm³/mol. The van der Waals surface area contributed by atoms with E-state index in [1.807, 2.05) is 0 Å². The van der Waals surface area contributed by atoms with E-state index < -0.39 is 5.82 Å². The number of phenols is 1. The van der Waals surface area contributed by atoms with Crippen molar-refractivity contribution in [2.24, 2.45) is 0 Å². The minimum absolute atomic E-state index is 0.0506. The Labute approximate surface area is 92.9 Å².